The van der Waals surface area contributed by atoms with Crippen LogP contribution in [0.1, 0.15) is 48.3 Å². The Bertz CT molecular complexity index is 1420. The predicted molar refractivity (Wildman–Crippen MR) is 124 cm³/mol. The molecule has 7 nitrogen and oxygen atoms in total. The van der Waals surface area contributed by atoms with E-state index < -0.39 is 22.6 Å². The molecule has 0 amide bonds. The fourth-order valence-corrected chi connectivity index (χ4v) is 5.37. The molecule has 2 aromatic heterocycles. The van der Waals surface area contributed by atoms with Gasteiger partial charge in [-0.2, -0.15) is 0 Å². The van der Waals surface area contributed by atoms with E-state index in [1.165, 1.54) is 19.0 Å². The van der Waals surface area contributed by atoms with Gasteiger partial charge in [-0.25, -0.2) is 8.42 Å². The maximum atomic E-state index is 12.9. The van der Waals surface area contributed by atoms with Crippen molar-refractivity contribution in [1.82, 2.24) is 14.9 Å². The summed E-state index contributed by atoms with van der Waals surface area (Å²) in [5, 5.41) is 4.19. The number of nitrogens with zero attached hydrogens (tertiary/aromatic N) is 1. The average Bonchev–Trinajstić information content (AvgIpc) is 3.31. The number of aromatic amines is 1. The van der Waals surface area contributed by atoms with E-state index >= 15 is 0 Å². The smallest absolute Gasteiger partial charge is 0.274 e. The second kappa shape index (κ2) is 7.24. The highest BCUT2D eigenvalue weighted by Gasteiger charge is 2.46. The minimum absolute atomic E-state index is 0.0465. The van der Waals surface area contributed by atoms with Crippen LogP contribution in [-0.2, 0) is 17.0 Å². The lowest BCUT2D eigenvalue weighted by molar-refractivity contribution is 0.286. The van der Waals surface area contributed by atoms with Crippen molar-refractivity contribution in [3.8, 4) is 11.1 Å². The van der Waals surface area contributed by atoms with E-state index in [1.54, 1.807) is 31.3 Å². The Morgan fingerprint density at radius 3 is 2.84 bits per heavy atom. The van der Waals surface area contributed by atoms with Crippen LogP contribution in [0, 0.1) is 5.41 Å². The normalized spacial score (nSPS) is 22.1. The lowest BCUT2D eigenvalue weighted by Crippen LogP contribution is -2.33. The van der Waals surface area contributed by atoms with Crippen molar-refractivity contribution in [2.75, 3.05) is 17.0 Å². The van der Waals surface area contributed by atoms with E-state index in [9.17, 15) is 13.2 Å². The monoisotopic (exact) mass is 443 g/mol. The molecule has 3 N–H and O–H groups in total. The second-order valence-corrected chi connectivity index (χ2v) is 10.8. The Morgan fingerprint density at radius 2 is 2.10 bits per heavy atom. The number of sulfonamides is 1. The van der Waals surface area contributed by atoms with E-state index in [-0.39, 0.29) is 17.3 Å². The molecule has 1 saturated heterocycles. The molecule has 1 unspecified atom stereocenters. The molecule has 0 bridgehead atoms. The Kier molecular flexibility index (Phi) is 3.98. The zero-order valence-electron chi connectivity index (χ0n) is 20.4. The highest BCUT2D eigenvalue weighted by Crippen LogP contribution is 2.56. The predicted octanol–water partition coefficient (Wildman–Crippen LogP) is 3.50. The SMILES string of the molecule is [2H]C([2H])([2H])n1cc(-c2cc(NS(=O)(=O)CC)ccc2C2CC3(CCN2)CC3)c2cc[nH]c2c1=O. The molecular weight excluding hydrogens is 412 g/mol. The lowest BCUT2D eigenvalue weighted by Gasteiger charge is -2.32. The molecule has 8 heteroatoms. The minimum Gasteiger partial charge on any atom is -0.357 e. The number of aryl methyl sites for hydroxylation is 1. The number of rotatable bonds is 5. The van der Waals surface area contributed by atoms with Gasteiger partial charge in [-0.05, 0) is 73.9 Å². The highest BCUT2D eigenvalue weighted by atomic mass is 32.2. The van der Waals surface area contributed by atoms with Crippen LogP contribution in [0.4, 0.5) is 5.69 Å². The van der Waals surface area contributed by atoms with Crippen LogP contribution in [0.5, 0.6) is 0 Å². The van der Waals surface area contributed by atoms with Crippen molar-refractivity contribution in [2.45, 2.75) is 38.6 Å². The second-order valence-electron chi connectivity index (χ2n) is 8.75. The molecule has 1 atom stereocenters. The zero-order chi connectivity index (χ0) is 24.3. The lowest BCUT2D eigenvalue weighted by atomic mass is 9.83. The van der Waals surface area contributed by atoms with Crippen molar-refractivity contribution < 1.29 is 12.5 Å². The minimum atomic E-state index is -3.50. The number of pyridine rings is 1. The first-order valence-corrected chi connectivity index (χ1v) is 12.3. The standard InChI is InChI=1S/C23H28N4O3S/c1-3-31(29,30)26-15-4-5-16(20-13-23(7-8-23)9-11-24-20)18(12-15)19-14-27(2)22(28)21-17(19)6-10-25-21/h4-6,10,12,14,20,24-26H,3,7-9,11,13H2,1-2H3/i2D3. The number of hydrogen-bond acceptors (Lipinski definition) is 4. The molecule has 31 heavy (non-hydrogen) atoms. The van der Waals surface area contributed by atoms with Gasteiger partial charge in [-0.15, -0.1) is 0 Å². The van der Waals surface area contributed by atoms with Crippen LogP contribution in [0.3, 0.4) is 0 Å². The van der Waals surface area contributed by atoms with E-state index in [0.717, 1.165) is 29.5 Å². The summed E-state index contributed by atoms with van der Waals surface area (Å²) in [7, 11) is -3.50. The molecule has 164 valence electrons. The summed E-state index contributed by atoms with van der Waals surface area (Å²) in [5.74, 6) is -0.0667. The maximum absolute atomic E-state index is 12.9. The molecule has 3 aromatic rings. The van der Waals surface area contributed by atoms with Gasteiger partial charge in [0.2, 0.25) is 10.0 Å². The Hall–Kier alpha value is -2.58. The van der Waals surface area contributed by atoms with Gasteiger partial charge in [-0.3, -0.25) is 9.52 Å². The summed E-state index contributed by atoms with van der Waals surface area (Å²) in [6, 6.07) is 7.19. The Balaban J connectivity index is 1.73. The molecule has 1 spiro atoms. The quantitative estimate of drug-likeness (QED) is 0.562. The van der Waals surface area contributed by atoms with Crippen molar-refractivity contribution in [3.05, 3.63) is 52.6 Å². The molecular formula is C23H28N4O3S. The molecule has 2 fully saturated rings. The van der Waals surface area contributed by atoms with Gasteiger partial charge < -0.3 is 14.9 Å². The number of fused-ring (bicyclic) bond motifs is 1. The Morgan fingerprint density at radius 1 is 1.26 bits per heavy atom. The van der Waals surface area contributed by atoms with Gasteiger partial charge in [0.1, 0.15) is 5.52 Å². The fourth-order valence-electron chi connectivity index (χ4n) is 4.74. The summed E-state index contributed by atoms with van der Waals surface area (Å²) < 4.78 is 51.5. The van der Waals surface area contributed by atoms with Crippen molar-refractivity contribution in [1.29, 1.82) is 0 Å². The van der Waals surface area contributed by atoms with Gasteiger partial charge in [0, 0.05) is 46.2 Å². The third-order valence-corrected chi connectivity index (χ3v) is 8.05. The molecule has 2 aliphatic rings. The molecule has 1 aromatic carbocycles. The molecule has 1 aliphatic carbocycles. The number of H-pyrrole nitrogens is 1. The molecule has 1 aliphatic heterocycles. The number of hydrogen-bond donors (Lipinski definition) is 3. The van der Waals surface area contributed by atoms with Gasteiger partial charge in [0.15, 0.2) is 0 Å². The third-order valence-electron chi connectivity index (χ3n) is 6.74. The van der Waals surface area contributed by atoms with E-state index in [1.807, 2.05) is 6.07 Å². The van der Waals surface area contributed by atoms with Crippen LogP contribution in [0.15, 0.2) is 41.5 Å². The van der Waals surface area contributed by atoms with Gasteiger partial charge in [-0.1, -0.05) is 6.07 Å². The number of nitrogens with one attached hydrogen (secondary N) is 3. The summed E-state index contributed by atoms with van der Waals surface area (Å²) in [6.07, 6.45) is 7.51. The maximum Gasteiger partial charge on any atom is 0.274 e. The molecule has 3 heterocycles. The van der Waals surface area contributed by atoms with Crippen molar-refractivity contribution in [2.24, 2.45) is 12.4 Å². The van der Waals surface area contributed by atoms with Gasteiger partial charge in [0.25, 0.3) is 5.56 Å². The summed E-state index contributed by atoms with van der Waals surface area (Å²) >= 11 is 0. The van der Waals surface area contributed by atoms with Crippen LogP contribution < -0.4 is 15.6 Å². The van der Waals surface area contributed by atoms with E-state index in [2.05, 4.69) is 15.0 Å². The first-order chi connectivity index (χ1) is 16.0. The summed E-state index contributed by atoms with van der Waals surface area (Å²) in [4.78, 5) is 15.7. The van der Waals surface area contributed by atoms with Crippen LogP contribution >= 0.6 is 0 Å². The topological polar surface area (TPSA) is 96.0 Å². The molecule has 0 radical (unpaired) electrons. The summed E-state index contributed by atoms with van der Waals surface area (Å²) in [6.45, 7) is -0.204. The number of benzene rings is 1. The highest BCUT2D eigenvalue weighted by molar-refractivity contribution is 7.92. The van der Waals surface area contributed by atoms with E-state index in [0.29, 0.717) is 27.6 Å². The largest absolute Gasteiger partial charge is 0.357 e. The zero-order valence-corrected chi connectivity index (χ0v) is 18.2. The molecule has 1 saturated carbocycles. The average molecular weight is 444 g/mol. The van der Waals surface area contributed by atoms with Gasteiger partial charge >= 0.3 is 0 Å². The molecule has 5 rings (SSSR count). The number of piperidine rings is 1. The van der Waals surface area contributed by atoms with Crippen LogP contribution in [-0.4, -0.2) is 30.3 Å². The summed E-state index contributed by atoms with van der Waals surface area (Å²) in [5.41, 5.74) is 2.56. The fraction of sp³-hybridized carbons (Fsp3) is 0.435. The third kappa shape index (κ3) is 3.68. The van der Waals surface area contributed by atoms with Gasteiger partial charge in [0.05, 0.1) is 5.75 Å². The number of anilines is 1. The first kappa shape index (κ1) is 17.0. The van der Waals surface area contributed by atoms with Crippen molar-refractivity contribution >= 4 is 26.6 Å². The first-order valence-electron chi connectivity index (χ1n) is 12.1. The number of aromatic nitrogens is 2. The van der Waals surface area contributed by atoms with Crippen LogP contribution in [0.25, 0.3) is 22.0 Å². The van der Waals surface area contributed by atoms with Crippen LogP contribution in [0.2, 0.25) is 0 Å². The Labute approximate surface area is 186 Å². The van der Waals surface area contributed by atoms with Crippen molar-refractivity contribution in [3.63, 3.8) is 0 Å². The van der Waals surface area contributed by atoms with E-state index in [4.69, 9.17) is 4.11 Å².